The molecule has 9 aromatic carbocycles. The highest BCUT2D eigenvalue weighted by molar-refractivity contribution is 5.97. The molecule has 0 aromatic heterocycles. The van der Waals surface area contributed by atoms with Crippen molar-refractivity contribution in [3.05, 3.63) is 226 Å². The van der Waals surface area contributed by atoms with Crippen molar-refractivity contribution >= 4 is 17.1 Å². The minimum absolute atomic E-state index is 0.0315. The maximum atomic E-state index is 15.5. The van der Waals surface area contributed by atoms with Crippen molar-refractivity contribution in [3.63, 3.8) is 0 Å². The summed E-state index contributed by atoms with van der Waals surface area (Å²) in [6, 6.07) is 41.8. The van der Waals surface area contributed by atoms with E-state index in [1.165, 1.54) is 37.4 Å². The highest BCUT2D eigenvalue weighted by Crippen LogP contribution is 2.64. The molecule has 0 bridgehead atoms. The maximum absolute atomic E-state index is 15.5. The van der Waals surface area contributed by atoms with E-state index in [9.17, 15) is 26.3 Å². The monoisotopic (exact) mass is 995 g/mol. The van der Waals surface area contributed by atoms with Gasteiger partial charge in [0.25, 0.3) is 0 Å². The molecule has 1 heterocycles. The minimum atomic E-state index is -2.29. The van der Waals surface area contributed by atoms with Crippen molar-refractivity contribution in [1.29, 1.82) is 0 Å². The highest BCUT2D eigenvalue weighted by atomic mass is 19.2. The van der Waals surface area contributed by atoms with Crippen LogP contribution in [0.25, 0.3) is 55.6 Å². The Morgan fingerprint density at radius 2 is 0.726 bits per heavy atom. The Morgan fingerprint density at radius 1 is 0.370 bits per heavy atom. The molecule has 3 nitrogen and oxygen atoms in total. The lowest BCUT2D eigenvalue weighted by molar-refractivity contribution is 0.381. The van der Waals surface area contributed by atoms with Gasteiger partial charge in [-0.25, -0.2) is 43.9 Å². The molecule has 3 aliphatic rings. The summed E-state index contributed by atoms with van der Waals surface area (Å²) >= 11 is 0. The molecule has 1 spiro atoms. The highest BCUT2D eigenvalue weighted by Gasteiger charge is 2.52. The van der Waals surface area contributed by atoms with E-state index >= 15 is 17.6 Å². The zero-order valence-corrected chi connectivity index (χ0v) is 39.4. The molecule has 366 valence electrons. The van der Waals surface area contributed by atoms with E-state index in [-0.39, 0.29) is 22.6 Å². The molecule has 13 heteroatoms. The summed E-state index contributed by atoms with van der Waals surface area (Å²) in [6.45, 7) is 8.00. The third kappa shape index (κ3) is 7.03. The minimum Gasteiger partial charge on any atom is -0.497 e. The molecule has 73 heavy (non-hydrogen) atoms. The largest absolute Gasteiger partial charge is 0.497 e. The summed E-state index contributed by atoms with van der Waals surface area (Å²) in [5, 5.41) is 0. The second kappa shape index (κ2) is 18.4. The van der Waals surface area contributed by atoms with E-state index in [2.05, 4.69) is 0 Å². The number of halogens is 10. The van der Waals surface area contributed by atoms with E-state index in [0.717, 1.165) is 33.4 Å². The van der Waals surface area contributed by atoms with Gasteiger partial charge < -0.3 is 14.4 Å². The van der Waals surface area contributed by atoms with Crippen LogP contribution >= 0.6 is 0 Å². The van der Waals surface area contributed by atoms with Crippen LogP contribution in [-0.4, -0.2) is 7.11 Å². The SMILES string of the molecule is CC.CC.COc1ccc(N2c3ccc(-c4ccc5c(c4)C4(c6ccccc6-c6ccccc64)c4cc(-c6c(F)c(F)c(F)c(F)c6F)ccc4-5)cc3Oc3cc(-c4c(F)c(F)c(F)c(F)c4F)ccc32)cc1. The average molecular weight is 996 g/mol. The van der Waals surface area contributed by atoms with Gasteiger partial charge in [0, 0.05) is 5.69 Å². The summed E-state index contributed by atoms with van der Waals surface area (Å²) in [4.78, 5) is 1.81. The quantitative estimate of drug-likeness (QED) is 0.0974. The second-order valence-corrected chi connectivity index (χ2v) is 16.8. The standard InChI is InChI=1S/C56H27F10NO2.2C2H6/c1-68-31-16-14-30(15-17-31)67-40-20-12-27(24-42(40)69-43-25-29(13-21-41(43)67)45-48(59)52(63)55(66)53(64)49(45)60)26-10-18-34-35-19-11-28(44-46(57)50(61)54(65)51(62)47(44)58)23-39(35)56(38(34)22-26)36-8-4-2-6-32(36)33-7-3-5-9-37(33)56;2*1-2/h2-25H,1H3;2*1-2H3. The second-order valence-electron chi connectivity index (χ2n) is 16.8. The summed E-state index contributed by atoms with van der Waals surface area (Å²) in [5.74, 6) is -19.9. The molecule has 9 aromatic rings. The number of methoxy groups -OCH3 is 1. The first-order chi connectivity index (χ1) is 35.3. The smallest absolute Gasteiger partial charge is 0.200 e. The molecule has 0 atom stereocenters. The zero-order valence-electron chi connectivity index (χ0n) is 39.4. The van der Waals surface area contributed by atoms with E-state index in [0.29, 0.717) is 45.1 Å². The number of hydrogen-bond acceptors (Lipinski definition) is 3. The van der Waals surface area contributed by atoms with Gasteiger partial charge in [0.1, 0.15) is 5.75 Å². The van der Waals surface area contributed by atoms with Gasteiger partial charge in [-0.05, 0) is 127 Å². The summed E-state index contributed by atoms with van der Waals surface area (Å²) in [5.41, 5.74) is 5.07. The third-order valence-electron chi connectivity index (χ3n) is 13.4. The molecule has 0 N–H and O–H groups in total. The fraction of sp³-hybridized carbons (Fsp3) is 0.100. The number of benzene rings is 9. The first-order valence-electron chi connectivity index (χ1n) is 23.3. The zero-order chi connectivity index (χ0) is 51.8. The Bertz CT molecular complexity index is 3620. The van der Waals surface area contributed by atoms with Crippen molar-refractivity contribution in [2.24, 2.45) is 0 Å². The van der Waals surface area contributed by atoms with Gasteiger partial charge in [0.05, 0.1) is 35.0 Å². The van der Waals surface area contributed by atoms with Crippen LogP contribution in [0, 0.1) is 58.2 Å². The molecule has 0 saturated heterocycles. The molecule has 0 amide bonds. The topological polar surface area (TPSA) is 21.7 Å². The van der Waals surface area contributed by atoms with E-state index in [1.54, 1.807) is 36.4 Å². The maximum Gasteiger partial charge on any atom is 0.200 e. The van der Waals surface area contributed by atoms with Gasteiger partial charge in [-0.3, -0.25) is 0 Å². The molecule has 0 saturated carbocycles. The first-order valence-corrected chi connectivity index (χ1v) is 23.3. The summed E-state index contributed by atoms with van der Waals surface area (Å²) in [6.07, 6.45) is 0. The molecular weight excluding hydrogens is 957 g/mol. The lowest BCUT2D eigenvalue weighted by Gasteiger charge is -2.33. The molecule has 1 aliphatic heterocycles. The number of hydrogen-bond donors (Lipinski definition) is 0. The Morgan fingerprint density at radius 3 is 1.21 bits per heavy atom. The molecule has 0 unspecified atom stereocenters. The summed E-state index contributed by atoms with van der Waals surface area (Å²) in [7, 11) is 1.51. The first kappa shape index (κ1) is 48.3. The van der Waals surface area contributed by atoms with Crippen molar-refractivity contribution < 1.29 is 53.4 Å². The lowest BCUT2D eigenvalue weighted by Crippen LogP contribution is -2.26. The number of anilines is 3. The van der Waals surface area contributed by atoms with E-state index < -0.39 is 74.7 Å². The van der Waals surface area contributed by atoms with Gasteiger partial charge >= 0.3 is 0 Å². The van der Waals surface area contributed by atoms with Crippen LogP contribution in [0.1, 0.15) is 49.9 Å². The van der Waals surface area contributed by atoms with Gasteiger partial charge in [0.2, 0.25) is 11.6 Å². The van der Waals surface area contributed by atoms with Gasteiger partial charge in [-0.2, -0.15) is 0 Å². The van der Waals surface area contributed by atoms with Gasteiger partial charge in [-0.1, -0.05) is 113 Å². The summed E-state index contributed by atoms with van der Waals surface area (Å²) < 4.78 is 160. The molecular formula is C60H39F10NO2. The van der Waals surface area contributed by atoms with Crippen LogP contribution in [0.3, 0.4) is 0 Å². The molecule has 0 radical (unpaired) electrons. The molecule has 12 rings (SSSR count). The Kier molecular flexibility index (Phi) is 12.2. The van der Waals surface area contributed by atoms with Crippen molar-refractivity contribution in [2.45, 2.75) is 33.1 Å². The predicted octanol–water partition coefficient (Wildman–Crippen LogP) is 18.1. The van der Waals surface area contributed by atoms with Crippen molar-refractivity contribution in [1.82, 2.24) is 0 Å². The van der Waals surface area contributed by atoms with E-state index in [1.807, 2.05) is 111 Å². The Labute approximate surface area is 413 Å². The van der Waals surface area contributed by atoms with Crippen LogP contribution < -0.4 is 14.4 Å². The lowest BCUT2D eigenvalue weighted by atomic mass is 9.70. The predicted molar refractivity (Wildman–Crippen MR) is 263 cm³/mol. The number of nitrogens with zero attached hydrogens (tertiary/aromatic N) is 1. The van der Waals surface area contributed by atoms with Gasteiger partial charge in [-0.15, -0.1) is 0 Å². The van der Waals surface area contributed by atoms with Gasteiger partial charge in [0.15, 0.2) is 58.0 Å². The average Bonchev–Trinajstić information content (AvgIpc) is 3.92. The molecule has 0 fully saturated rings. The number of fused-ring (bicyclic) bond motifs is 12. The van der Waals surface area contributed by atoms with Crippen LogP contribution in [0.5, 0.6) is 17.2 Å². The van der Waals surface area contributed by atoms with Crippen LogP contribution in [0.15, 0.2) is 146 Å². The van der Waals surface area contributed by atoms with Crippen LogP contribution in [0.4, 0.5) is 61.0 Å². The fourth-order valence-electron chi connectivity index (χ4n) is 10.3. The van der Waals surface area contributed by atoms with Crippen LogP contribution in [0.2, 0.25) is 0 Å². The third-order valence-corrected chi connectivity index (χ3v) is 13.4. The fourth-order valence-corrected chi connectivity index (χ4v) is 10.3. The van der Waals surface area contributed by atoms with Crippen LogP contribution in [-0.2, 0) is 5.41 Å². The molecule has 2 aliphatic carbocycles. The van der Waals surface area contributed by atoms with Crippen molar-refractivity contribution in [2.75, 3.05) is 12.0 Å². The Balaban J connectivity index is 0.00000149. The number of rotatable bonds is 5. The normalized spacial score (nSPS) is 12.8. The van der Waals surface area contributed by atoms with Crippen molar-refractivity contribution in [3.8, 4) is 72.9 Å². The van der Waals surface area contributed by atoms with E-state index in [4.69, 9.17) is 9.47 Å². The number of ether oxygens (including phenoxy) is 2. The Hall–Kier alpha value is -8.32.